The van der Waals surface area contributed by atoms with Gasteiger partial charge in [-0.05, 0) is 17.7 Å². The van der Waals surface area contributed by atoms with Gasteiger partial charge in [0, 0.05) is 5.39 Å². The van der Waals surface area contributed by atoms with E-state index >= 15 is 0 Å². The standard InChI is InChI=1S/C19H15N3O4/c1-24-14-9-5-8-13-11-15(25-17(13)14)18(23)20-19-22-21-16(26-19)10-12-6-3-2-4-7-12/h2-9,11H,10H2,1H3,(H,20,22,23). The Morgan fingerprint density at radius 1 is 1.08 bits per heavy atom. The van der Waals surface area contributed by atoms with E-state index in [1.807, 2.05) is 42.5 Å². The fourth-order valence-electron chi connectivity index (χ4n) is 2.61. The summed E-state index contributed by atoms with van der Waals surface area (Å²) in [6, 6.07) is 16.8. The van der Waals surface area contributed by atoms with Crippen LogP contribution in [0.4, 0.5) is 6.01 Å². The Balaban J connectivity index is 1.50. The van der Waals surface area contributed by atoms with Crippen LogP contribution in [0.25, 0.3) is 11.0 Å². The third-order valence-electron chi connectivity index (χ3n) is 3.84. The normalized spacial score (nSPS) is 10.8. The number of carbonyl (C=O) groups excluding carboxylic acids is 1. The van der Waals surface area contributed by atoms with E-state index in [4.69, 9.17) is 13.6 Å². The molecule has 7 heteroatoms. The number of hydrogen-bond acceptors (Lipinski definition) is 6. The first-order valence-electron chi connectivity index (χ1n) is 7.97. The first kappa shape index (κ1) is 15.9. The third-order valence-corrected chi connectivity index (χ3v) is 3.84. The number of amides is 1. The van der Waals surface area contributed by atoms with Crippen LogP contribution in [0.15, 0.2) is 63.4 Å². The van der Waals surface area contributed by atoms with Gasteiger partial charge in [-0.1, -0.05) is 47.6 Å². The van der Waals surface area contributed by atoms with E-state index in [2.05, 4.69) is 15.5 Å². The number of benzene rings is 2. The van der Waals surface area contributed by atoms with Gasteiger partial charge in [-0.15, -0.1) is 5.10 Å². The summed E-state index contributed by atoms with van der Waals surface area (Å²) in [4.78, 5) is 12.4. The first-order valence-corrected chi connectivity index (χ1v) is 7.97. The minimum absolute atomic E-state index is 0.0216. The fraction of sp³-hybridized carbons (Fsp3) is 0.105. The lowest BCUT2D eigenvalue weighted by molar-refractivity contribution is 0.0995. The van der Waals surface area contributed by atoms with Crippen molar-refractivity contribution in [3.8, 4) is 5.75 Å². The number of ether oxygens (including phenoxy) is 1. The monoisotopic (exact) mass is 349 g/mol. The number of aromatic nitrogens is 2. The summed E-state index contributed by atoms with van der Waals surface area (Å²) in [5, 5.41) is 11.1. The van der Waals surface area contributed by atoms with Gasteiger partial charge in [0.05, 0.1) is 13.5 Å². The Kier molecular flexibility index (Phi) is 4.10. The van der Waals surface area contributed by atoms with E-state index in [-0.39, 0.29) is 11.8 Å². The minimum Gasteiger partial charge on any atom is -0.493 e. The fourth-order valence-corrected chi connectivity index (χ4v) is 2.61. The van der Waals surface area contributed by atoms with Crippen molar-refractivity contribution in [1.82, 2.24) is 10.2 Å². The zero-order valence-corrected chi connectivity index (χ0v) is 13.9. The molecule has 0 unspecified atom stereocenters. The van der Waals surface area contributed by atoms with Crippen LogP contribution in [0.2, 0.25) is 0 Å². The van der Waals surface area contributed by atoms with Crippen molar-refractivity contribution in [2.45, 2.75) is 6.42 Å². The molecule has 26 heavy (non-hydrogen) atoms. The number of anilines is 1. The molecule has 0 radical (unpaired) electrons. The molecule has 2 aromatic carbocycles. The van der Waals surface area contributed by atoms with E-state index < -0.39 is 5.91 Å². The molecular weight excluding hydrogens is 334 g/mol. The van der Waals surface area contributed by atoms with Gasteiger partial charge in [0.25, 0.3) is 5.91 Å². The number of fused-ring (bicyclic) bond motifs is 1. The lowest BCUT2D eigenvalue weighted by atomic mass is 10.2. The predicted molar refractivity (Wildman–Crippen MR) is 94.3 cm³/mol. The third kappa shape index (κ3) is 3.14. The highest BCUT2D eigenvalue weighted by Crippen LogP contribution is 2.28. The molecule has 0 spiro atoms. The zero-order valence-electron chi connectivity index (χ0n) is 13.9. The Bertz CT molecular complexity index is 1050. The van der Waals surface area contributed by atoms with Crippen LogP contribution in [0, 0.1) is 0 Å². The Morgan fingerprint density at radius 2 is 1.92 bits per heavy atom. The maximum absolute atomic E-state index is 12.4. The summed E-state index contributed by atoms with van der Waals surface area (Å²) in [5.41, 5.74) is 1.55. The molecule has 130 valence electrons. The van der Waals surface area contributed by atoms with Crippen molar-refractivity contribution in [3.63, 3.8) is 0 Å². The van der Waals surface area contributed by atoms with E-state index in [9.17, 15) is 4.79 Å². The number of para-hydroxylation sites is 1. The first-order chi connectivity index (χ1) is 12.7. The Hall–Kier alpha value is -3.61. The van der Waals surface area contributed by atoms with Crippen molar-refractivity contribution in [1.29, 1.82) is 0 Å². The molecule has 0 aliphatic heterocycles. The molecule has 0 saturated carbocycles. The van der Waals surface area contributed by atoms with E-state index in [0.717, 1.165) is 10.9 Å². The van der Waals surface area contributed by atoms with Crippen LogP contribution < -0.4 is 10.1 Å². The maximum Gasteiger partial charge on any atom is 0.322 e. The Labute approximate surface area is 148 Å². The molecule has 4 rings (SSSR count). The topological polar surface area (TPSA) is 90.4 Å². The summed E-state index contributed by atoms with van der Waals surface area (Å²) < 4.78 is 16.3. The Morgan fingerprint density at radius 3 is 2.73 bits per heavy atom. The number of carbonyl (C=O) groups is 1. The van der Waals surface area contributed by atoms with Gasteiger partial charge in [0.15, 0.2) is 17.1 Å². The number of nitrogens with zero attached hydrogens (tertiary/aromatic N) is 2. The molecule has 0 fully saturated rings. The van der Waals surface area contributed by atoms with Crippen molar-refractivity contribution in [2.24, 2.45) is 0 Å². The lowest BCUT2D eigenvalue weighted by Gasteiger charge is -1.99. The summed E-state index contributed by atoms with van der Waals surface area (Å²) in [6.45, 7) is 0. The quantitative estimate of drug-likeness (QED) is 0.591. The maximum atomic E-state index is 12.4. The molecule has 2 aromatic heterocycles. The molecule has 0 aliphatic carbocycles. The van der Waals surface area contributed by atoms with Gasteiger partial charge in [-0.25, -0.2) is 0 Å². The summed E-state index contributed by atoms with van der Waals surface area (Å²) in [5.74, 6) is 0.632. The molecule has 7 nitrogen and oxygen atoms in total. The van der Waals surface area contributed by atoms with Crippen LogP contribution in [0.3, 0.4) is 0 Å². The van der Waals surface area contributed by atoms with Crippen LogP contribution in [-0.2, 0) is 6.42 Å². The van der Waals surface area contributed by atoms with Gasteiger partial charge in [-0.3, -0.25) is 10.1 Å². The van der Waals surface area contributed by atoms with Crippen LogP contribution in [0.1, 0.15) is 22.0 Å². The van der Waals surface area contributed by atoms with E-state index in [1.54, 1.807) is 19.2 Å². The van der Waals surface area contributed by atoms with Gasteiger partial charge < -0.3 is 13.6 Å². The largest absolute Gasteiger partial charge is 0.493 e. The second-order valence-electron chi connectivity index (χ2n) is 5.61. The molecule has 0 aliphatic rings. The highest BCUT2D eigenvalue weighted by Gasteiger charge is 2.17. The highest BCUT2D eigenvalue weighted by atomic mass is 16.5. The molecule has 0 saturated heterocycles. The average Bonchev–Trinajstić information content (AvgIpc) is 3.29. The summed E-state index contributed by atoms with van der Waals surface area (Å²) in [7, 11) is 1.55. The number of nitrogens with one attached hydrogen (secondary N) is 1. The van der Waals surface area contributed by atoms with Crippen molar-refractivity contribution < 1.29 is 18.4 Å². The van der Waals surface area contributed by atoms with Crippen molar-refractivity contribution in [3.05, 3.63) is 71.8 Å². The molecule has 4 aromatic rings. The second-order valence-corrected chi connectivity index (χ2v) is 5.61. The van der Waals surface area contributed by atoms with Gasteiger partial charge in [0.1, 0.15) is 0 Å². The van der Waals surface area contributed by atoms with Crippen LogP contribution in [-0.4, -0.2) is 23.2 Å². The molecule has 0 bridgehead atoms. The number of rotatable bonds is 5. The SMILES string of the molecule is COc1cccc2cc(C(=O)Nc3nnc(Cc4ccccc4)o3)oc12. The van der Waals surface area contributed by atoms with Crippen molar-refractivity contribution >= 4 is 22.9 Å². The lowest BCUT2D eigenvalue weighted by Crippen LogP contribution is -2.11. The highest BCUT2D eigenvalue weighted by molar-refractivity contribution is 6.04. The van der Waals surface area contributed by atoms with Crippen LogP contribution in [0.5, 0.6) is 5.75 Å². The smallest absolute Gasteiger partial charge is 0.322 e. The minimum atomic E-state index is -0.474. The van der Waals surface area contributed by atoms with Gasteiger partial charge in [0.2, 0.25) is 5.89 Å². The summed E-state index contributed by atoms with van der Waals surface area (Å²) >= 11 is 0. The second kappa shape index (κ2) is 6.72. The molecule has 1 N–H and O–H groups in total. The zero-order chi connectivity index (χ0) is 17.9. The molecular formula is C19H15N3O4. The predicted octanol–water partition coefficient (Wildman–Crippen LogP) is 3.67. The van der Waals surface area contributed by atoms with Gasteiger partial charge >= 0.3 is 6.01 Å². The number of furan rings is 1. The van der Waals surface area contributed by atoms with Crippen LogP contribution >= 0.6 is 0 Å². The van der Waals surface area contributed by atoms with Crippen molar-refractivity contribution in [2.75, 3.05) is 12.4 Å². The summed E-state index contributed by atoms with van der Waals surface area (Å²) in [6.07, 6.45) is 0.492. The molecule has 1 amide bonds. The van der Waals surface area contributed by atoms with E-state index in [1.165, 1.54) is 0 Å². The number of methoxy groups -OCH3 is 1. The molecule has 0 atom stereocenters. The number of hydrogen-bond donors (Lipinski definition) is 1. The van der Waals surface area contributed by atoms with Gasteiger partial charge in [-0.2, -0.15) is 0 Å². The van der Waals surface area contributed by atoms with E-state index in [0.29, 0.717) is 23.6 Å². The molecule has 2 heterocycles. The average molecular weight is 349 g/mol.